The fourth-order valence-corrected chi connectivity index (χ4v) is 4.16. The average Bonchev–Trinajstić information content (AvgIpc) is 3.20. The van der Waals surface area contributed by atoms with Crippen molar-refractivity contribution in [2.75, 3.05) is 17.7 Å². The van der Waals surface area contributed by atoms with Crippen LogP contribution in [0.1, 0.15) is 21.8 Å². The SMILES string of the molecule is CSCC[C@H](NC(=O)c1cccc(N)c1)C(=O)Cc1nc(-c2ccccc2)cs1.S. The number of ketones is 1. The predicted molar refractivity (Wildman–Crippen MR) is 132 cm³/mol. The molecule has 3 aromatic rings. The molecule has 0 aliphatic carbocycles. The van der Waals surface area contributed by atoms with Crippen LogP contribution in [-0.2, 0) is 11.2 Å². The van der Waals surface area contributed by atoms with Crippen molar-refractivity contribution in [3.8, 4) is 11.3 Å². The van der Waals surface area contributed by atoms with E-state index < -0.39 is 6.04 Å². The zero-order chi connectivity index (χ0) is 20.6. The molecule has 1 heterocycles. The minimum absolute atomic E-state index is 0. The van der Waals surface area contributed by atoms with Gasteiger partial charge in [-0.05, 0) is 36.6 Å². The number of nitrogens with one attached hydrogen (secondary N) is 1. The minimum atomic E-state index is -0.555. The van der Waals surface area contributed by atoms with E-state index in [0.29, 0.717) is 17.7 Å². The highest BCUT2D eigenvalue weighted by molar-refractivity contribution is 7.98. The number of rotatable bonds is 9. The molecule has 0 unspecified atom stereocenters. The van der Waals surface area contributed by atoms with Crippen LogP contribution in [0.2, 0.25) is 0 Å². The number of carbonyl (C=O) groups is 2. The lowest BCUT2D eigenvalue weighted by atomic mass is 10.1. The van der Waals surface area contributed by atoms with Crippen LogP contribution in [0.5, 0.6) is 0 Å². The van der Waals surface area contributed by atoms with Crippen molar-refractivity contribution in [2.24, 2.45) is 0 Å². The van der Waals surface area contributed by atoms with E-state index in [2.05, 4.69) is 10.3 Å². The second-order valence-electron chi connectivity index (χ2n) is 6.57. The molecule has 3 rings (SSSR count). The molecule has 1 aromatic heterocycles. The van der Waals surface area contributed by atoms with Gasteiger partial charge in [0.05, 0.1) is 18.2 Å². The number of thiazole rings is 1. The fraction of sp³-hybridized carbons (Fsp3) is 0.227. The topological polar surface area (TPSA) is 85.1 Å². The van der Waals surface area contributed by atoms with Gasteiger partial charge in [0.1, 0.15) is 5.01 Å². The predicted octanol–water partition coefficient (Wildman–Crippen LogP) is 4.17. The summed E-state index contributed by atoms with van der Waals surface area (Å²) >= 11 is 3.11. The van der Waals surface area contributed by atoms with Gasteiger partial charge in [-0.15, -0.1) is 11.3 Å². The van der Waals surface area contributed by atoms with Crippen molar-refractivity contribution in [1.82, 2.24) is 10.3 Å². The first-order valence-corrected chi connectivity index (χ1v) is 11.5. The maximum absolute atomic E-state index is 12.9. The van der Waals surface area contributed by atoms with Crippen LogP contribution in [0.4, 0.5) is 5.69 Å². The summed E-state index contributed by atoms with van der Waals surface area (Å²) in [6.45, 7) is 0. The summed E-state index contributed by atoms with van der Waals surface area (Å²) in [5.74, 6) is 0.451. The molecule has 0 radical (unpaired) electrons. The molecule has 158 valence electrons. The Bertz CT molecular complexity index is 977. The Morgan fingerprint density at radius 3 is 2.63 bits per heavy atom. The molecule has 3 N–H and O–H groups in total. The molecular weight excluding hydrogens is 434 g/mol. The van der Waals surface area contributed by atoms with Crippen LogP contribution in [0.25, 0.3) is 11.3 Å². The van der Waals surface area contributed by atoms with Gasteiger partial charge >= 0.3 is 0 Å². The normalized spacial score (nSPS) is 11.4. The van der Waals surface area contributed by atoms with Gasteiger partial charge in [0.25, 0.3) is 5.91 Å². The van der Waals surface area contributed by atoms with E-state index in [9.17, 15) is 9.59 Å². The zero-order valence-electron chi connectivity index (χ0n) is 16.6. The number of benzene rings is 2. The van der Waals surface area contributed by atoms with E-state index in [1.54, 1.807) is 36.0 Å². The Hall–Kier alpha value is -2.29. The average molecular weight is 460 g/mol. The first kappa shape index (κ1) is 24.0. The van der Waals surface area contributed by atoms with Crippen LogP contribution in [0.15, 0.2) is 60.0 Å². The third kappa shape index (κ3) is 6.62. The number of nitrogen functional groups attached to an aromatic ring is 1. The molecule has 8 heteroatoms. The summed E-state index contributed by atoms with van der Waals surface area (Å²) < 4.78 is 0. The zero-order valence-corrected chi connectivity index (χ0v) is 19.3. The lowest BCUT2D eigenvalue weighted by Gasteiger charge is -2.17. The van der Waals surface area contributed by atoms with Crippen LogP contribution >= 0.6 is 36.6 Å². The Morgan fingerprint density at radius 2 is 1.93 bits per heavy atom. The molecule has 0 spiro atoms. The van der Waals surface area contributed by atoms with Crippen molar-refractivity contribution in [2.45, 2.75) is 18.9 Å². The van der Waals surface area contributed by atoms with Crippen molar-refractivity contribution in [1.29, 1.82) is 0 Å². The van der Waals surface area contributed by atoms with Gasteiger partial charge < -0.3 is 11.1 Å². The second kappa shape index (κ2) is 11.8. The van der Waals surface area contributed by atoms with Gasteiger partial charge in [-0.3, -0.25) is 9.59 Å². The first-order chi connectivity index (χ1) is 14.1. The summed E-state index contributed by atoms with van der Waals surface area (Å²) in [5.41, 5.74) is 8.62. The molecule has 0 aliphatic rings. The molecule has 1 amide bonds. The number of hydrogen-bond donors (Lipinski definition) is 2. The Balaban J connectivity index is 0.00000320. The summed E-state index contributed by atoms with van der Waals surface area (Å²) in [6.07, 6.45) is 2.76. The number of Topliss-reactive ketones (excluding diaryl/α,β-unsaturated/α-hetero) is 1. The van der Waals surface area contributed by atoms with Gasteiger partial charge in [-0.1, -0.05) is 36.4 Å². The maximum atomic E-state index is 12.9. The molecule has 0 fully saturated rings. The smallest absolute Gasteiger partial charge is 0.251 e. The van der Waals surface area contributed by atoms with Crippen molar-refractivity contribution in [3.05, 3.63) is 70.5 Å². The number of aromatic nitrogens is 1. The Morgan fingerprint density at radius 1 is 1.17 bits per heavy atom. The quantitative estimate of drug-likeness (QED) is 0.469. The number of thioether (sulfide) groups is 1. The number of hydrogen-bond acceptors (Lipinski definition) is 6. The van der Waals surface area contributed by atoms with E-state index in [0.717, 1.165) is 22.0 Å². The fourth-order valence-electron chi connectivity index (χ4n) is 2.88. The molecule has 1 atom stereocenters. The number of amides is 1. The Labute approximate surface area is 191 Å². The van der Waals surface area contributed by atoms with E-state index in [-0.39, 0.29) is 31.6 Å². The molecule has 2 aromatic carbocycles. The molecule has 0 saturated carbocycles. The number of nitrogens with zero attached hydrogens (tertiary/aromatic N) is 1. The highest BCUT2D eigenvalue weighted by atomic mass is 32.2. The molecular formula is C22H25N3O2S3. The lowest BCUT2D eigenvalue weighted by Crippen LogP contribution is -2.42. The van der Waals surface area contributed by atoms with Crippen molar-refractivity contribution >= 4 is 54.0 Å². The molecule has 30 heavy (non-hydrogen) atoms. The van der Waals surface area contributed by atoms with Crippen LogP contribution in [0, 0.1) is 0 Å². The van der Waals surface area contributed by atoms with Gasteiger partial charge in [0, 0.05) is 22.2 Å². The largest absolute Gasteiger partial charge is 0.399 e. The number of anilines is 1. The number of carbonyl (C=O) groups excluding carboxylic acids is 2. The van der Waals surface area contributed by atoms with Gasteiger partial charge in [-0.25, -0.2) is 4.98 Å². The summed E-state index contributed by atoms with van der Waals surface area (Å²) in [4.78, 5) is 30.1. The monoisotopic (exact) mass is 459 g/mol. The third-order valence-corrected chi connectivity index (χ3v) is 5.89. The van der Waals surface area contributed by atoms with E-state index in [4.69, 9.17) is 5.73 Å². The Kier molecular flexibility index (Phi) is 9.42. The van der Waals surface area contributed by atoms with Crippen LogP contribution < -0.4 is 11.1 Å². The molecule has 0 bridgehead atoms. The van der Waals surface area contributed by atoms with Gasteiger partial charge in [0.2, 0.25) is 0 Å². The molecule has 0 aliphatic heterocycles. The molecule has 5 nitrogen and oxygen atoms in total. The third-order valence-electron chi connectivity index (χ3n) is 4.40. The van der Waals surface area contributed by atoms with Crippen molar-refractivity contribution in [3.63, 3.8) is 0 Å². The maximum Gasteiger partial charge on any atom is 0.251 e. The molecule has 0 saturated heterocycles. The summed E-state index contributed by atoms with van der Waals surface area (Å²) in [7, 11) is 0. The number of nitrogens with two attached hydrogens (primary N) is 1. The summed E-state index contributed by atoms with van der Waals surface area (Å²) in [5, 5.41) is 5.58. The minimum Gasteiger partial charge on any atom is -0.399 e. The first-order valence-electron chi connectivity index (χ1n) is 9.24. The van der Waals surface area contributed by atoms with Crippen LogP contribution in [-0.4, -0.2) is 34.7 Å². The summed E-state index contributed by atoms with van der Waals surface area (Å²) in [6, 6.07) is 16.1. The van der Waals surface area contributed by atoms with E-state index in [1.807, 2.05) is 42.0 Å². The van der Waals surface area contributed by atoms with Gasteiger partial charge in [-0.2, -0.15) is 25.3 Å². The second-order valence-corrected chi connectivity index (χ2v) is 8.50. The van der Waals surface area contributed by atoms with Gasteiger partial charge in [0.15, 0.2) is 5.78 Å². The lowest BCUT2D eigenvalue weighted by molar-refractivity contribution is -0.120. The van der Waals surface area contributed by atoms with Crippen molar-refractivity contribution < 1.29 is 9.59 Å². The van der Waals surface area contributed by atoms with E-state index >= 15 is 0 Å². The van der Waals surface area contributed by atoms with E-state index in [1.165, 1.54) is 11.3 Å². The standard InChI is InChI=1S/C22H23N3O2S2.H2S/c1-28-11-10-18(25-22(27)16-8-5-9-17(23)12-16)20(26)13-21-24-19(14-29-21)15-6-3-2-4-7-15;/h2-9,12,14,18H,10-11,13,23H2,1H3,(H,25,27);1H2/t18-;/m0./s1. The highest BCUT2D eigenvalue weighted by Crippen LogP contribution is 2.22. The highest BCUT2D eigenvalue weighted by Gasteiger charge is 2.22. The van der Waals surface area contributed by atoms with Crippen LogP contribution in [0.3, 0.4) is 0 Å².